The number of imidazole rings is 1. The number of aromatic nitrogens is 3. The number of piperidine rings is 1. The summed E-state index contributed by atoms with van der Waals surface area (Å²) in [4.78, 5) is 10.4. The van der Waals surface area contributed by atoms with Crippen molar-refractivity contribution in [3.05, 3.63) is 22.6 Å². The maximum absolute atomic E-state index is 5.50. The molecule has 0 aromatic carbocycles. The van der Waals surface area contributed by atoms with Crippen LogP contribution in [0, 0.1) is 11.7 Å². The Labute approximate surface area is 118 Å². The average molecular weight is 276 g/mol. The van der Waals surface area contributed by atoms with Crippen molar-refractivity contribution in [3.63, 3.8) is 0 Å². The fourth-order valence-electron chi connectivity index (χ4n) is 2.99. The van der Waals surface area contributed by atoms with Gasteiger partial charge in [0.15, 0.2) is 10.4 Å². The van der Waals surface area contributed by atoms with Crippen LogP contribution in [-0.2, 0) is 0 Å². The topological polar surface area (TPSA) is 36.9 Å². The average Bonchev–Trinajstić information content (AvgIpc) is 2.73. The van der Waals surface area contributed by atoms with Crippen LogP contribution in [0.25, 0.3) is 11.2 Å². The molecule has 0 aliphatic carbocycles. The van der Waals surface area contributed by atoms with Gasteiger partial charge in [0.05, 0.1) is 11.6 Å². The van der Waals surface area contributed by atoms with Gasteiger partial charge in [-0.3, -0.25) is 4.57 Å². The van der Waals surface area contributed by atoms with Gasteiger partial charge in [0.25, 0.3) is 0 Å². The van der Waals surface area contributed by atoms with E-state index in [0.29, 0.717) is 6.04 Å². The van der Waals surface area contributed by atoms with Crippen molar-refractivity contribution in [2.75, 3.05) is 19.6 Å². The van der Waals surface area contributed by atoms with E-state index in [0.717, 1.165) is 34.6 Å². The molecule has 102 valence electrons. The van der Waals surface area contributed by atoms with E-state index in [2.05, 4.69) is 39.3 Å². The fraction of sp³-hybridized carbons (Fsp3) is 0.571. The van der Waals surface area contributed by atoms with Gasteiger partial charge in [-0.05, 0) is 56.7 Å². The Kier molecular flexibility index (Phi) is 3.41. The predicted octanol–water partition coefficient (Wildman–Crippen LogP) is 3.06. The molecule has 1 unspecified atom stereocenters. The molecule has 1 aliphatic rings. The molecule has 0 spiro atoms. The molecule has 1 saturated heterocycles. The monoisotopic (exact) mass is 276 g/mol. The van der Waals surface area contributed by atoms with Crippen molar-refractivity contribution < 1.29 is 0 Å². The number of fused-ring (bicyclic) bond motifs is 1. The molecule has 0 amide bonds. The third kappa shape index (κ3) is 2.32. The molecule has 3 heterocycles. The number of likely N-dealkylation sites (N-methyl/N-ethyl adjacent to an activating group) is 1. The van der Waals surface area contributed by atoms with Crippen molar-refractivity contribution in [2.45, 2.75) is 32.7 Å². The Bertz CT molecular complexity index is 642. The van der Waals surface area contributed by atoms with Gasteiger partial charge in [-0.1, -0.05) is 6.92 Å². The minimum Gasteiger partial charge on any atom is -0.329 e. The number of H-pyrrole nitrogens is 1. The quantitative estimate of drug-likeness (QED) is 0.857. The largest absolute Gasteiger partial charge is 0.329 e. The Morgan fingerprint density at radius 2 is 2.37 bits per heavy atom. The molecule has 4 nitrogen and oxygen atoms in total. The molecule has 0 bridgehead atoms. The fourth-order valence-corrected chi connectivity index (χ4v) is 3.33. The van der Waals surface area contributed by atoms with Crippen molar-refractivity contribution in [1.29, 1.82) is 0 Å². The molecule has 1 aliphatic heterocycles. The summed E-state index contributed by atoms with van der Waals surface area (Å²) in [5.41, 5.74) is 3.21. The van der Waals surface area contributed by atoms with E-state index in [9.17, 15) is 0 Å². The second kappa shape index (κ2) is 5.06. The summed E-state index contributed by atoms with van der Waals surface area (Å²) < 4.78 is 3.02. The molecular formula is C14H20N4S. The smallest absolute Gasteiger partial charge is 0.179 e. The number of aromatic amines is 1. The molecule has 1 fully saturated rings. The van der Waals surface area contributed by atoms with Gasteiger partial charge < -0.3 is 9.88 Å². The summed E-state index contributed by atoms with van der Waals surface area (Å²) in [6.07, 6.45) is 4.34. The van der Waals surface area contributed by atoms with Gasteiger partial charge in [-0.25, -0.2) is 4.98 Å². The molecule has 2 aromatic rings. The molecule has 0 saturated carbocycles. The first-order valence-corrected chi connectivity index (χ1v) is 7.39. The van der Waals surface area contributed by atoms with Crippen LogP contribution in [0.2, 0.25) is 0 Å². The summed E-state index contributed by atoms with van der Waals surface area (Å²) >= 11 is 5.50. The van der Waals surface area contributed by atoms with Crippen molar-refractivity contribution >= 4 is 23.4 Å². The molecule has 1 N–H and O–H groups in total. The van der Waals surface area contributed by atoms with Gasteiger partial charge in [0.2, 0.25) is 0 Å². The molecule has 1 atom stereocenters. The summed E-state index contributed by atoms with van der Waals surface area (Å²) in [5, 5.41) is 0. The number of hydrogen-bond donors (Lipinski definition) is 1. The SMILES string of the molecule is CCN1CCCC(n2c(=S)[nH]c3cc(C)cnc32)C1. The van der Waals surface area contributed by atoms with E-state index in [-0.39, 0.29) is 0 Å². The van der Waals surface area contributed by atoms with Crippen LogP contribution in [0.1, 0.15) is 31.4 Å². The first-order valence-electron chi connectivity index (χ1n) is 6.98. The third-order valence-corrected chi connectivity index (χ3v) is 4.28. The Morgan fingerprint density at radius 1 is 1.53 bits per heavy atom. The molecule has 0 radical (unpaired) electrons. The number of likely N-dealkylation sites (tertiary alicyclic amines) is 1. The summed E-state index contributed by atoms with van der Waals surface area (Å²) in [6.45, 7) is 7.67. The number of rotatable bonds is 2. The number of hydrogen-bond acceptors (Lipinski definition) is 3. The standard InChI is InChI=1S/C14H20N4S/c1-3-17-6-4-5-11(9-17)18-13-12(16-14(18)19)7-10(2)8-15-13/h7-8,11H,3-6,9H2,1-2H3,(H,16,19). The van der Waals surface area contributed by atoms with Crippen LogP contribution in [-0.4, -0.2) is 39.1 Å². The van der Waals surface area contributed by atoms with E-state index in [4.69, 9.17) is 12.2 Å². The number of aryl methyl sites for hydroxylation is 1. The highest BCUT2D eigenvalue weighted by Crippen LogP contribution is 2.25. The van der Waals surface area contributed by atoms with Crippen LogP contribution >= 0.6 is 12.2 Å². The second-order valence-electron chi connectivity index (χ2n) is 5.37. The van der Waals surface area contributed by atoms with Gasteiger partial charge >= 0.3 is 0 Å². The van der Waals surface area contributed by atoms with E-state index < -0.39 is 0 Å². The van der Waals surface area contributed by atoms with Gasteiger partial charge in [-0.15, -0.1) is 0 Å². The second-order valence-corrected chi connectivity index (χ2v) is 5.76. The first-order chi connectivity index (χ1) is 9.19. The maximum Gasteiger partial charge on any atom is 0.179 e. The zero-order valence-corrected chi connectivity index (χ0v) is 12.3. The highest BCUT2D eigenvalue weighted by Gasteiger charge is 2.22. The van der Waals surface area contributed by atoms with Gasteiger partial charge in [0.1, 0.15) is 0 Å². The maximum atomic E-state index is 5.50. The molecular weight excluding hydrogens is 256 g/mol. The normalized spacial score (nSPS) is 21.1. The Balaban J connectivity index is 2.04. The summed E-state index contributed by atoms with van der Waals surface area (Å²) in [5.74, 6) is 0. The van der Waals surface area contributed by atoms with E-state index >= 15 is 0 Å². The van der Waals surface area contributed by atoms with Crippen LogP contribution in [0.15, 0.2) is 12.3 Å². The minimum absolute atomic E-state index is 0.449. The highest BCUT2D eigenvalue weighted by atomic mass is 32.1. The first kappa shape index (κ1) is 12.8. The molecule has 3 rings (SSSR count). The van der Waals surface area contributed by atoms with Crippen LogP contribution in [0.3, 0.4) is 0 Å². The van der Waals surface area contributed by atoms with E-state index in [1.54, 1.807) is 0 Å². The lowest BCUT2D eigenvalue weighted by Gasteiger charge is -2.32. The van der Waals surface area contributed by atoms with Crippen molar-refractivity contribution in [1.82, 2.24) is 19.4 Å². The number of nitrogens with zero attached hydrogens (tertiary/aromatic N) is 3. The van der Waals surface area contributed by atoms with Gasteiger partial charge in [0, 0.05) is 12.7 Å². The molecule has 5 heteroatoms. The number of pyridine rings is 1. The summed E-state index contributed by atoms with van der Waals surface area (Å²) in [6, 6.07) is 2.57. The summed E-state index contributed by atoms with van der Waals surface area (Å²) in [7, 11) is 0. The minimum atomic E-state index is 0.449. The zero-order valence-electron chi connectivity index (χ0n) is 11.5. The van der Waals surface area contributed by atoms with Crippen molar-refractivity contribution in [2.24, 2.45) is 0 Å². The highest BCUT2D eigenvalue weighted by molar-refractivity contribution is 7.71. The predicted molar refractivity (Wildman–Crippen MR) is 80.0 cm³/mol. The van der Waals surface area contributed by atoms with Crippen LogP contribution in [0.4, 0.5) is 0 Å². The van der Waals surface area contributed by atoms with Gasteiger partial charge in [-0.2, -0.15) is 0 Å². The Hall–Kier alpha value is -1.20. The van der Waals surface area contributed by atoms with Crippen molar-refractivity contribution in [3.8, 4) is 0 Å². The van der Waals surface area contributed by atoms with Crippen LogP contribution in [0.5, 0.6) is 0 Å². The lowest BCUT2D eigenvalue weighted by molar-refractivity contribution is 0.186. The molecule has 19 heavy (non-hydrogen) atoms. The lowest BCUT2D eigenvalue weighted by Crippen LogP contribution is -2.36. The zero-order chi connectivity index (χ0) is 13.4. The Morgan fingerprint density at radius 3 is 3.16 bits per heavy atom. The third-order valence-electron chi connectivity index (χ3n) is 3.98. The van der Waals surface area contributed by atoms with E-state index in [1.165, 1.54) is 19.4 Å². The van der Waals surface area contributed by atoms with Crippen LogP contribution < -0.4 is 0 Å². The number of nitrogens with one attached hydrogen (secondary N) is 1. The molecule has 2 aromatic heterocycles. The van der Waals surface area contributed by atoms with E-state index in [1.807, 2.05) is 6.20 Å². The lowest BCUT2D eigenvalue weighted by atomic mass is 10.1.